The number of fused-ring (bicyclic) bond motifs is 1. The Hall–Kier alpha value is -2.22. The first-order valence-electron chi connectivity index (χ1n) is 8.48. The molecule has 0 spiro atoms. The fourth-order valence-electron chi connectivity index (χ4n) is 2.56. The Bertz CT molecular complexity index is 1070. The van der Waals surface area contributed by atoms with Crippen LogP contribution in [-0.2, 0) is 0 Å². The van der Waals surface area contributed by atoms with Crippen LogP contribution < -0.4 is 5.32 Å². The number of carbonyl (C=O) groups excluding carboxylic acids is 1. The van der Waals surface area contributed by atoms with Gasteiger partial charge in [-0.05, 0) is 30.3 Å². The summed E-state index contributed by atoms with van der Waals surface area (Å²) in [4.78, 5) is 22.8. The minimum absolute atomic E-state index is 0.147. The van der Waals surface area contributed by atoms with Crippen molar-refractivity contribution in [2.45, 2.75) is 24.0 Å². The highest BCUT2D eigenvalue weighted by Crippen LogP contribution is 2.32. The van der Waals surface area contributed by atoms with Gasteiger partial charge in [0, 0.05) is 21.1 Å². The van der Waals surface area contributed by atoms with Crippen LogP contribution in [0, 0.1) is 0 Å². The quantitative estimate of drug-likeness (QED) is 0.399. The Kier molecular flexibility index (Phi) is 5.24. The predicted octanol–water partition coefficient (Wildman–Crippen LogP) is 6.17. The minimum atomic E-state index is -0.147. The lowest BCUT2D eigenvalue weighted by atomic mass is 10.2. The molecule has 1 amide bonds. The number of nitrogens with one attached hydrogen (secondary N) is 1. The van der Waals surface area contributed by atoms with E-state index in [2.05, 4.69) is 29.1 Å². The van der Waals surface area contributed by atoms with Crippen molar-refractivity contribution in [2.75, 3.05) is 5.32 Å². The summed E-state index contributed by atoms with van der Waals surface area (Å²) >= 11 is 4.75. The summed E-state index contributed by atoms with van der Waals surface area (Å²) in [5, 5.41) is 6.74. The average molecular weight is 412 g/mol. The van der Waals surface area contributed by atoms with Gasteiger partial charge in [-0.25, -0.2) is 9.97 Å². The third-order valence-electron chi connectivity index (χ3n) is 3.71. The van der Waals surface area contributed by atoms with Gasteiger partial charge in [-0.15, -0.1) is 34.4 Å². The molecule has 0 aliphatic heterocycles. The summed E-state index contributed by atoms with van der Waals surface area (Å²) in [5.74, 6) is -0.147. The molecule has 0 saturated heterocycles. The van der Waals surface area contributed by atoms with Gasteiger partial charge in [0.2, 0.25) is 0 Å². The Morgan fingerprint density at radius 2 is 1.96 bits per heavy atom. The maximum atomic E-state index is 12.6. The van der Waals surface area contributed by atoms with Crippen molar-refractivity contribution in [3.05, 3.63) is 59.5 Å². The molecule has 0 fully saturated rings. The number of carbonyl (C=O) groups is 1. The van der Waals surface area contributed by atoms with Crippen LogP contribution in [0.25, 0.3) is 20.9 Å². The smallest absolute Gasteiger partial charge is 0.257 e. The molecule has 0 aliphatic rings. The molecule has 0 unspecified atom stereocenters. The fraction of sp³-hybridized carbons (Fsp3) is 0.150. The third kappa shape index (κ3) is 4.21. The standard InChI is InChI=1S/C20H17N3OS3/c1-12(2)26-14-7-5-6-13(10-14)18(24)23-20-22-16(11-25-20)19-21-15-8-3-4-9-17(15)27-19/h3-12H,1-2H3,(H,22,23,24). The molecular formula is C20H17N3OS3. The van der Waals surface area contributed by atoms with Crippen molar-refractivity contribution >= 4 is 55.7 Å². The van der Waals surface area contributed by atoms with Gasteiger partial charge in [0.05, 0.1) is 10.2 Å². The van der Waals surface area contributed by atoms with Gasteiger partial charge in [-0.3, -0.25) is 10.1 Å². The summed E-state index contributed by atoms with van der Waals surface area (Å²) in [6.45, 7) is 4.27. The monoisotopic (exact) mass is 411 g/mol. The molecule has 0 radical (unpaired) electrons. The summed E-state index contributed by atoms with van der Waals surface area (Å²) < 4.78 is 1.13. The van der Waals surface area contributed by atoms with E-state index in [0.29, 0.717) is 15.9 Å². The molecule has 27 heavy (non-hydrogen) atoms. The second kappa shape index (κ2) is 7.80. The van der Waals surface area contributed by atoms with Crippen LogP contribution in [0.3, 0.4) is 0 Å². The maximum absolute atomic E-state index is 12.6. The van der Waals surface area contributed by atoms with Crippen LogP contribution >= 0.6 is 34.4 Å². The SMILES string of the molecule is CC(C)Sc1cccc(C(=O)Nc2nc(-c3nc4ccccc4s3)cs2)c1. The van der Waals surface area contributed by atoms with Gasteiger partial charge in [0.1, 0.15) is 10.7 Å². The average Bonchev–Trinajstić information content (AvgIpc) is 3.27. The van der Waals surface area contributed by atoms with Crippen LogP contribution in [0.5, 0.6) is 0 Å². The van der Waals surface area contributed by atoms with Gasteiger partial charge in [-0.1, -0.05) is 32.0 Å². The molecule has 4 nitrogen and oxygen atoms in total. The van der Waals surface area contributed by atoms with Gasteiger partial charge in [-0.2, -0.15) is 0 Å². The van der Waals surface area contributed by atoms with Gasteiger partial charge < -0.3 is 0 Å². The lowest BCUT2D eigenvalue weighted by Crippen LogP contribution is -2.11. The van der Waals surface area contributed by atoms with Crippen molar-refractivity contribution in [1.29, 1.82) is 0 Å². The minimum Gasteiger partial charge on any atom is -0.298 e. The number of thiazole rings is 2. The van der Waals surface area contributed by atoms with E-state index in [1.165, 1.54) is 11.3 Å². The van der Waals surface area contributed by atoms with Crippen LogP contribution in [0.2, 0.25) is 0 Å². The maximum Gasteiger partial charge on any atom is 0.257 e. The fourth-order valence-corrected chi connectivity index (χ4v) is 5.15. The molecular weight excluding hydrogens is 394 g/mol. The second-order valence-corrected chi connectivity index (χ2v) is 9.71. The van der Waals surface area contributed by atoms with E-state index in [4.69, 9.17) is 0 Å². The number of benzene rings is 2. The predicted molar refractivity (Wildman–Crippen MR) is 116 cm³/mol. The first-order valence-corrected chi connectivity index (χ1v) is 11.1. The molecule has 2 heterocycles. The summed E-state index contributed by atoms with van der Waals surface area (Å²) in [6.07, 6.45) is 0. The van der Waals surface area contributed by atoms with Crippen LogP contribution in [0.1, 0.15) is 24.2 Å². The van der Waals surface area contributed by atoms with E-state index < -0.39 is 0 Å². The Morgan fingerprint density at radius 3 is 2.78 bits per heavy atom. The Balaban J connectivity index is 1.51. The number of hydrogen-bond donors (Lipinski definition) is 1. The van der Waals surface area contributed by atoms with Crippen molar-refractivity contribution < 1.29 is 4.79 Å². The highest BCUT2D eigenvalue weighted by atomic mass is 32.2. The molecule has 0 bridgehead atoms. The second-order valence-electron chi connectivity index (χ2n) is 6.17. The van der Waals surface area contributed by atoms with Crippen molar-refractivity contribution in [1.82, 2.24) is 9.97 Å². The van der Waals surface area contributed by atoms with E-state index >= 15 is 0 Å². The number of thioether (sulfide) groups is 1. The Labute approximate surface area is 169 Å². The first-order chi connectivity index (χ1) is 13.1. The molecule has 4 aromatic rings. The molecule has 2 aromatic carbocycles. The molecule has 1 N–H and O–H groups in total. The van der Waals surface area contributed by atoms with Crippen molar-refractivity contribution in [3.63, 3.8) is 0 Å². The molecule has 136 valence electrons. The zero-order valence-electron chi connectivity index (χ0n) is 14.8. The van der Waals surface area contributed by atoms with E-state index in [1.54, 1.807) is 23.1 Å². The van der Waals surface area contributed by atoms with Gasteiger partial charge >= 0.3 is 0 Å². The largest absolute Gasteiger partial charge is 0.298 e. The van der Waals surface area contributed by atoms with E-state index in [-0.39, 0.29) is 5.91 Å². The van der Waals surface area contributed by atoms with E-state index in [1.807, 2.05) is 53.9 Å². The molecule has 0 saturated carbocycles. The topological polar surface area (TPSA) is 54.9 Å². The van der Waals surface area contributed by atoms with Gasteiger partial charge in [0.25, 0.3) is 5.91 Å². The number of para-hydroxylation sites is 1. The summed E-state index contributed by atoms with van der Waals surface area (Å²) in [6, 6.07) is 15.7. The van der Waals surface area contributed by atoms with E-state index in [0.717, 1.165) is 25.8 Å². The normalized spacial score (nSPS) is 11.2. The number of amides is 1. The number of nitrogens with zero attached hydrogens (tertiary/aromatic N) is 2. The van der Waals surface area contributed by atoms with Crippen LogP contribution in [-0.4, -0.2) is 21.1 Å². The highest BCUT2D eigenvalue weighted by molar-refractivity contribution is 7.99. The summed E-state index contributed by atoms with van der Waals surface area (Å²) in [5.41, 5.74) is 2.40. The van der Waals surface area contributed by atoms with E-state index in [9.17, 15) is 4.79 Å². The molecule has 4 rings (SSSR count). The zero-order valence-corrected chi connectivity index (χ0v) is 17.3. The molecule has 7 heteroatoms. The number of aromatic nitrogens is 2. The van der Waals surface area contributed by atoms with Gasteiger partial charge in [0.15, 0.2) is 5.13 Å². The highest BCUT2D eigenvalue weighted by Gasteiger charge is 2.13. The molecule has 0 aliphatic carbocycles. The van der Waals surface area contributed by atoms with Crippen LogP contribution in [0.15, 0.2) is 58.8 Å². The lowest BCUT2D eigenvalue weighted by Gasteiger charge is -2.07. The molecule has 2 aromatic heterocycles. The summed E-state index contributed by atoms with van der Waals surface area (Å²) in [7, 11) is 0. The number of rotatable bonds is 5. The lowest BCUT2D eigenvalue weighted by molar-refractivity contribution is 0.102. The first kappa shape index (κ1) is 18.2. The van der Waals surface area contributed by atoms with Crippen molar-refractivity contribution in [2.24, 2.45) is 0 Å². The molecule has 0 atom stereocenters. The zero-order chi connectivity index (χ0) is 18.8. The van der Waals surface area contributed by atoms with Crippen molar-refractivity contribution in [3.8, 4) is 10.7 Å². The number of hydrogen-bond acceptors (Lipinski definition) is 6. The number of anilines is 1. The Morgan fingerprint density at radius 1 is 1.11 bits per heavy atom. The van der Waals surface area contributed by atoms with Crippen LogP contribution in [0.4, 0.5) is 5.13 Å². The third-order valence-corrected chi connectivity index (χ3v) is 6.52.